The number of carbonyl (C=O) groups excluding carboxylic acids is 2. The molecule has 0 radical (unpaired) electrons. The molecule has 1 saturated heterocycles. The molecule has 1 aliphatic rings. The third-order valence-electron chi connectivity index (χ3n) is 4.64. The molecule has 32 heavy (non-hydrogen) atoms. The van der Waals surface area contributed by atoms with Crippen LogP contribution in [0.1, 0.15) is 13.8 Å². The lowest BCUT2D eigenvalue weighted by Crippen LogP contribution is -2.40. The Balaban J connectivity index is 1.42. The second-order valence-electron chi connectivity index (χ2n) is 7.49. The lowest BCUT2D eigenvalue weighted by Gasteiger charge is -2.16. The van der Waals surface area contributed by atoms with Crippen LogP contribution in [0.3, 0.4) is 0 Å². The molecule has 3 heterocycles. The minimum absolute atomic E-state index is 0.190. The van der Waals surface area contributed by atoms with Crippen molar-refractivity contribution < 1.29 is 14.0 Å². The quantitative estimate of drug-likeness (QED) is 0.404. The van der Waals surface area contributed by atoms with Crippen LogP contribution >= 0.6 is 27.3 Å². The van der Waals surface area contributed by atoms with Gasteiger partial charge < -0.3 is 16.0 Å². The maximum absolute atomic E-state index is 13.1. The standard InChI is InChI=1S/C20H19BrFN7O2S/c1-20(2)16(30)29(19(31)28-20)8-7-23-17-24-9-13(21)15(27-17)14-10-25-18(32-14)26-12-5-3-11(22)4-6-12/h3-6,9-10H,7-8H2,1-2H3,(H,25,26)(H,28,31)(H,23,24,27). The summed E-state index contributed by atoms with van der Waals surface area (Å²) in [6, 6.07) is 5.59. The van der Waals surface area contributed by atoms with Gasteiger partial charge >= 0.3 is 6.03 Å². The van der Waals surface area contributed by atoms with Gasteiger partial charge in [0.2, 0.25) is 5.95 Å². The summed E-state index contributed by atoms with van der Waals surface area (Å²) < 4.78 is 13.8. The molecule has 0 saturated carbocycles. The highest BCUT2D eigenvalue weighted by molar-refractivity contribution is 9.10. The van der Waals surface area contributed by atoms with E-state index >= 15 is 0 Å². The van der Waals surface area contributed by atoms with E-state index in [4.69, 9.17) is 0 Å². The van der Waals surface area contributed by atoms with Gasteiger partial charge in [-0.05, 0) is 54.0 Å². The second kappa shape index (κ2) is 8.79. The molecule has 0 aliphatic carbocycles. The number of rotatable bonds is 7. The monoisotopic (exact) mass is 519 g/mol. The molecule has 2 aromatic heterocycles. The third-order valence-corrected chi connectivity index (χ3v) is 6.14. The van der Waals surface area contributed by atoms with Gasteiger partial charge in [-0.15, -0.1) is 0 Å². The highest BCUT2D eigenvalue weighted by atomic mass is 79.9. The minimum atomic E-state index is -0.899. The molecule has 3 N–H and O–H groups in total. The van der Waals surface area contributed by atoms with Crippen molar-refractivity contribution in [2.75, 3.05) is 23.7 Å². The Hall–Kier alpha value is -3.12. The summed E-state index contributed by atoms with van der Waals surface area (Å²) in [6.07, 6.45) is 3.30. The number of nitrogens with zero attached hydrogens (tertiary/aromatic N) is 4. The molecule has 0 spiro atoms. The van der Waals surface area contributed by atoms with Crippen molar-refractivity contribution in [1.29, 1.82) is 0 Å². The second-order valence-corrected chi connectivity index (χ2v) is 9.38. The van der Waals surface area contributed by atoms with Gasteiger partial charge in [0.25, 0.3) is 5.91 Å². The van der Waals surface area contributed by atoms with E-state index < -0.39 is 11.6 Å². The molecule has 1 aliphatic heterocycles. The Morgan fingerprint density at radius 1 is 1.19 bits per heavy atom. The normalized spacial score (nSPS) is 15.1. The number of hydrogen-bond acceptors (Lipinski definition) is 8. The summed E-state index contributed by atoms with van der Waals surface area (Å²) in [5.74, 6) is -0.220. The van der Waals surface area contributed by atoms with Crippen molar-refractivity contribution >= 4 is 56.0 Å². The van der Waals surface area contributed by atoms with Gasteiger partial charge in [0.05, 0.1) is 9.35 Å². The molecular weight excluding hydrogens is 501 g/mol. The van der Waals surface area contributed by atoms with Crippen molar-refractivity contribution in [3.8, 4) is 10.6 Å². The zero-order valence-electron chi connectivity index (χ0n) is 17.1. The number of amides is 3. The third kappa shape index (κ3) is 4.70. The Kier molecular flexibility index (Phi) is 6.07. The maximum Gasteiger partial charge on any atom is 0.325 e. The molecule has 1 fully saturated rings. The number of carbonyl (C=O) groups is 2. The predicted molar refractivity (Wildman–Crippen MR) is 123 cm³/mol. The Morgan fingerprint density at radius 3 is 2.62 bits per heavy atom. The maximum atomic E-state index is 13.1. The van der Waals surface area contributed by atoms with Gasteiger partial charge in [0.15, 0.2) is 5.13 Å². The van der Waals surface area contributed by atoms with Crippen LogP contribution in [-0.2, 0) is 4.79 Å². The number of thiazole rings is 1. The summed E-state index contributed by atoms with van der Waals surface area (Å²) in [5, 5.41) is 9.45. The van der Waals surface area contributed by atoms with Crippen molar-refractivity contribution in [3.05, 3.63) is 46.9 Å². The predicted octanol–water partition coefficient (Wildman–Crippen LogP) is 3.99. The molecule has 4 rings (SSSR count). The Labute approximate surface area is 195 Å². The van der Waals surface area contributed by atoms with Gasteiger partial charge in [-0.2, -0.15) is 0 Å². The molecule has 3 amide bonds. The lowest BCUT2D eigenvalue weighted by atomic mass is 10.1. The lowest BCUT2D eigenvalue weighted by molar-refractivity contribution is -0.130. The number of hydrogen-bond donors (Lipinski definition) is 3. The van der Waals surface area contributed by atoms with Crippen molar-refractivity contribution in [2.45, 2.75) is 19.4 Å². The van der Waals surface area contributed by atoms with E-state index in [0.29, 0.717) is 27.8 Å². The average molecular weight is 520 g/mol. The average Bonchev–Trinajstić information content (AvgIpc) is 3.28. The number of anilines is 3. The molecule has 12 heteroatoms. The fourth-order valence-corrected chi connectivity index (χ4v) is 4.40. The van der Waals surface area contributed by atoms with Gasteiger partial charge in [-0.3, -0.25) is 9.69 Å². The molecule has 0 unspecified atom stereocenters. The topological polar surface area (TPSA) is 112 Å². The van der Waals surface area contributed by atoms with Crippen LogP contribution in [-0.4, -0.2) is 50.4 Å². The molecule has 9 nitrogen and oxygen atoms in total. The van der Waals surface area contributed by atoms with Crippen LogP contribution in [0.4, 0.5) is 26.0 Å². The smallest absolute Gasteiger partial charge is 0.325 e. The van der Waals surface area contributed by atoms with E-state index in [2.05, 4.69) is 46.8 Å². The number of aromatic nitrogens is 3. The zero-order valence-corrected chi connectivity index (χ0v) is 19.6. The molecular formula is C20H19BrFN7O2S. The first-order chi connectivity index (χ1) is 15.2. The van der Waals surface area contributed by atoms with Crippen LogP contribution in [0.15, 0.2) is 41.1 Å². The van der Waals surface area contributed by atoms with Gasteiger partial charge in [-0.1, -0.05) is 11.3 Å². The van der Waals surface area contributed by atoms with Gasteiger partial charge in [-0.25, -0.2) is 24.1 Å². The largest absolute Gasteiger partial charge is 0.352 e. The summed E-state index contributed by atoms with van der Waals surface area (Å²) in [4.78, 5) is 39.3. The number of urea groups is 1. The summed E-state index contributed by atoms with van der Waals surface area (Å²) >= 11 is 4.84. The number of benzene rings is 1. The summed E-state index contributed by atoms with van der Waals surface area (Å²) in [5.41, 5.74) is 0.466. The van der Waals surface area contributed by atoms with Crippen LogP contribution in [0.2, 0.25) is 0 Å². The Morgan fingerprint density at radius 2 is 1.94 bits per heavy atom. The van der Waals surface area contributed by atoms with E-state index in [-0.39, 0.29) is 18.3 Å². The van der Waals surface area contributed by atoms with Gasteiger partial charge in [0.1, 0.15) is 17.1 Å². The van der Waals surface area contributed by atoms with Crippen LogP contribution in [0.25, 0.3) is 10.6 Å². The van der Waals surface area contributed by atoms with Crippen molar-refractivity contribution in [1.82, 2.24) is 25.2 Å². The molecule has 0 atom stereocenters. The highest BCUT2D eigenvalue weighted by Crippen LogP contribution is 2.34. The van der Waals surface area contributed by atoms with Crippen LogP contribution in [0.5, 0.6) is 0 Å². The van der Waals surface area contributed by atoms with Crippen LogP contribution in [0, 0.1) is 5.82 Å². The number of halogens is 2. The minimum Gasteiger partial charge on any atom is -0.352 e. The van der Waals surface area contributed by atoms with E-state index in [1.807, 2.05) is 0 Å². The first kappa shape index (κ1) is 22.1. The molecule has 1 aromatic carbocycles. The highest BCUT2D eigenvalue weighted by Gasteiger charge is 2.43. The SMILES string of the molecule is CC1(C)NC(=O)N(CCNc2ncc(Br)c(-c3cnc(Nc4ccc(F)cc4)s3)n2)C1=O. The first-order valence-corrected chi connectivity index (χ1v) is 11.2. The molecule has 0 bridgehead atoms. The first-order valence-electron chi connectivity index (χ1n) is 9.62. The number of imide groups is 1. The fourth-order valence-electron chi connectivity index (χ4n) is 3.02. The number of nitrogens with one attached hydrogen (secondary N) is 3. The summed E-state index contributed by atoms with van der Waals surface area (Å²) in [7, 11) is 0. The van der Waals surface area contributed by atoms with Crippen molar-refractivity contribution in [2.24, 2.45) is 0 Å². The van der Waals surface area contributed by atoms with Gasteiger partial charge in [0, 0.05) is 31.2 Å². The van der Waals surface area contributed by atoms with Crippen molar-refractivity contribution in [3.63, 3.8) is 0 Å². The van der Waals surface area contributed by atoms with E-state index in [0.717, 1.165) is 10.6 Å². The fraction of sp³-hybridized carbons (Fsp3) is 0.250. The van der Waals surface area contributed by atoms with E-state index in [1.54, 1.807) is 38.4 Å². The Bertz CT molecular complexity index is 1170. The molecule has 166 valence electrons. The van der Waals surface area contributed by atoms with E-state index in [9.17, 15) is 14.0 Å². The summed E-state index contributed by atoms with van der Waals surface area (Å²) in [6.45, 7) is 3.82. The van der Waals surface area contributed by atoms with Crippen LogP contribution < -0.4 is 16.0 Å². The van der Waals surface area contributed by atoms with E-state index in [1.165, 1.54) is 28.4 Å². The molecule has 3 aromatic rings. The zero-order chi connectivity index (χ0) is 22.9.